The number of carbonyl (C=O) groups excluding carboxylic acids is 1. The van der Waals surface area contributed by atoms with Crippen LogP contribution in [0.5, 0.6) is 11.5 Å². The highest BCUT2D eigenvalue weighted by Crippen LogP contribution is 2.33. The molecule has 0 radical (unpaired) electrons. The number of nitrogens with one attached hydrogen (secondary N) is 1. The molecule has 1 fully saturated rings. The summed E-state index contributed by atoms with van der Waals surface area (Å²) in [6.45, 7) is 1.82. The molecule has 1 saturated heterocycles. The van der Waals surface area contributed by atoms with Gasteiger partial charge in [0.2, 0.25) is 0 Å². The number of hydrogen-bond acceptors (Lipinski definition) is 5. The van der Waals surface area contributed by atoms with E-state index < -0.39 is 0 Å². The Morgan fingerprint density at radius 3 is 2.68 bits per heavy atom. The number of rotatable bonds is 8. The van der Waals surface area contributed by atoms with Gasteiger partial charge in [0.25, 0.3) is 5.91 Å². The fourth-order valence-corrected chi connectivity index (χ4v) is 3.74. The third-order valence-corrected chi connectivity index (χ3v) is 5.36. The lowest BCUT2D eigenvalue weighted by Crippen LogP contribution is -2.31. The maximum atomic E-state index is 13.1. The monoisotopic (exact) mass is 421 g/mol. The fraction of sp³-hybridized carbons (Fsp3) is 0.333. The van der Waals surface area contributed by atoms with Crippen LogP contribution in [0, 0.1) is 0 Å². The van der Waals surface area contributed by atoms with Crippen LogP contribution < -0.4 is 14.8 Å². The average molecular weight is 421 g/mol. The van der Waals surface area contributed by atoms with Gasteiger partial charge in [0.15, 0.2) is 11.5 Å². The lowest BCUT2D eigenvalue weighted by Gasteiger charge is -2.11. The van der Waals surface area contributed by atoms with Crippen LogP contribution in [0.2, 0.25) is 0 Å². The minimum absolute atomic E-state index is 0.0767. The number of hydrogen-bond donors (Lipinski definition) is 1. The topological polar surface area (TPSA) is 74.6 Å². The number of carbonyl (C=O) groups is 1. The van der Waals surface area contributed by atoms with Crippen LogP contribution in [0.3, 0.4) is 0 Å². The van der Waals surface area contributed by atoms with Crippen molar-refractivity contribution in [1.82, 2.24) is 15.1 Å². The molecule has 2 aromatic carbocycles. The van der Waals surface area contributed by atoms with Crippen LogP contribution in [-0.2, 0) is 11.3 Å². The number of ether oxygens (including phenoxy) is 3. The first-order valence-corrected chi connectivity index (χ1v) is 10.4. The van der Waals surface area contributed by atoms with E-state index in [1.807, 2.05) is 48.5 Å². The van der Waals surface area contributed by atoms with Gasteiger partial charge in [-0.1, -0.05) is 30.3 Å². The summed E-state index contributed by atoms with van der Waals surface area (Å²) in [5.41, 5.74) is 3.00. The largest absolute Gasteiger partial charge is 0.493 e. The molecule has 7 nitrogen and oxygen atoms in total. The van der Waals surface area contributed by atoms with Crippen molar-refractivity contribution in [3.05, 3.63) is 65.9 Å². The fourth-order valence-electron chi connectivity index (χ4n) is 3.74. The molecule has 0 bridgehead atoms. The molecular weight excluding hydrogens is 394 g/mol. The molecule has 1 aliphatic rings. The van der Waals surface area contributed by atoms with E-state index in [1.165, 1.54) is 0 Å². The molecule has 1 aromatic heterocycles. The van der Waals surface area contributed by atoms with E-state index in [9.17, 15) is 4.79 Å². The number of benzene rings is 2. The average Bonchev–Trinajstić information content (AvgIpc) is 3.48. The molecule has 0 aliphatic carbocycles. The zero-order valence-electron chi connectivity index (χ0n) is 17.8. The number of aromatic nitrogens is 2. The summed E-state index contributed by atoms with van der Waals surface area (Å²) in [7, 11) is 3.18. The first-order valence-electron chi connectivity index (χ1n) is 10.4. The molecule has 31 heavy (non-hydrogen) atoms. The molecule has 0 unspecified atom stereocenters. The highest BCUT2D eigenvalue weighted by atomic mass is 16.5. The standard InChI is InChI=1S/C24H27N3O4/c1-29-21-11-10-18(13-22(21)30-2)23-20(24(28)25-14-19-9-6-12-31-19)16-27(26-23)15-17-7-4-3-5-8-17/h3-5,7-8,10-11,13,16,19H,6,9,12,14-15H2,1-2H3,(H,25,28)/t19-/m0/s1. The van der Waals surface area contributed by atoms with E-state index >= 15 is 0 Å². The van der Waals surface area contributed by atoms with E-state index in [-0.39, 0.29) is 12.0 Å². The molecule has 162 valence electrons. The van der Waals surface area contributed by atoms with Crippen LogP contribution in [0.25, 0.3) is 11.3 Å². The molecule has 1 atom stereocenters. The van der Waals surface area contributed by atoms with Gasteiger partial charge in [0, 0.05) is 24.9 Å². The van der Waals surface area contributed by atoms with Crippen LogP contribution in [0.1, 0.15) is 28.8 Å². The van der Waals surface area contributed by atoms with Crippen molar-refractivity contribution in [2.24, 2.45) is 0 Å². The Kier molecular flexibility index (Phi) is 6.52. The predicted octanol–water partition coefficient (Wildman–Crippen LogP) is 3.52. The SMILES string of the molecule is COc1ccc(-c2nn(Cc3ccccc3)cc2C(=O)NC[C@@H]2CCCO2)cc1OC. The highest BCUT2D eigenvalue weighted by molar-refractivity contribution is 6.00. The normalized spacial score (nSPS) is 15.6. The van der Waals surface area contributed by atoms with Crippen molar-refractivity contribution in [2.75, 3.05) is 27.4 Å². The van der Waals surface area contributed by atoms with Crippen LogP contribution in [0.15, 0.2) is 54.7 Å². The number of nitrogens with zero attached hydrogens (tertiary/aromatic N) is 2. The Hall–Kier alpha value is -3.32. The van der Waals surface area contributed by atoms with Gasteiger partial charge in [0.05, 0.1) is 32.4 Å². The quantitative estimate of drug-likeness (QED) is 0.602. The summed E-state index contributed by atoms with van der Waals surface area (Å²) in [5.74, 6) is 1.04. The van der Waals surface area contributed by atoms with Crippen molar-refractivity contribution in [2.45, 2.75) is 25.5 Å². The van der Waals surface area contributed by atoms with E-state index in [4.69, 9.17) is 19.3 Å². The zero-order chi connectivity index (χ0) is 21.6. The summed E-state index contributed by atoms with van der Waals surface area (Å²) < 4.78 is 18.2. The van der Waals surface area contributed by atoms with Crippen molar-refractivity contribution in [3.8, 4) is 22.8 Å². The molecule has 2 heterocycles. The molecular formula is C24H27N3O4. The summed E-state index contributed by atoms with van der Waals surface area (Å²) in [6.07, 6.45) is 3.87. The van der Waals surface area contributed by atoms with E-state index in [0.29, 0.717) is 35.8 Å². The number of methoxy groups -OCH3 is 2. The zero-order valence-corrected chi connectivity index (χ0v) is 17.8. The summed E-state index contributed by atoms with van der Waals surface area (Å²) in [5, 5.41) is 7.74. The van der Waals surface area contributed by atoms with E-state index in [0.717, 1.165) is 30.6 Å². The Balaban J connectivity index is 1.65. The molecule has 4 rings (SSSR count). The van der Waals surface area contributed by atoms with Gasteiger partial charge in [-0.25, -0.2) is 0 Å². The smallest absolute Gasteiger partial charge is 0.255 e. The lowest BCUT2D eigenvalue weighted by molar-refractivity contribution is 0.0858. The van der Waals surface area contributed by atoms with Gasteiger partial charge in [0.1, 0.15) is 5.69 Å². The second kappa shape index (κ2) is 9.66. The molecule has 3 aromatic rings. The first kappa shape index (κ1) is 20.9. The van der Waals surface area contributed by atoms with Crippen LogP contribution in [-0.4, -0.2) is 49.2 Å². The Bertz CT molecular complexity index is 1030. The van der Waals surface area contributed by atoms with Gasteiger partial charge in [-0.3, -0.25) is 9.48 Å². The second-order valence-electron chi connectivity index (χ2n) is 7.49. The van der Waals surface area contributed by atoms with Gasteiger partial charge >= 0.3 is 0 Å². The molecule has 1 amide bonds. The minimum atomic E-state index is -0.167. The Labute approximate surface area is 181 Å². The maximum Gasteiger partial charge on any atom is 0.255 e. The second-order valence-corrected chi connectivity index (χ2v) is 7.49. The third-order valence-electron chi connectivity index (χ3n) is 5.36. The molecule has 1 N–H and O–H groups in total. The minimum Gasteiger partial charge on any atom is -0.493 e. The molecule has 1 aliphatic heterocycles. The highest BCUT2D eigenvalue weighted by Gasteiger charge is 2.22. The maximum absolute atomic E-state index is 13.1. The summed E-state index contributed by atoms with van der Waals surface area (Å²) in [4.78, 5) is 13.1. The summed E-state index contributed by atoms with van der Waals surface area (Å²) >= 11 is 0. The van der Waals surface area contributed by atoms with Crippen molar-refractivity contribution in [1.29, 1.82) is 0 Å². The Morgan fingerprint density at radius 2 is 1.97 bits per heavy atom. The van der Waals surface area contributed by atoms with Crippen LogP contribution >= 0.6 is 0 Å². The van der Waals surface area contributed by atoms with Crippen LogP contribution in [0.4, 0.5) is 0 Å². The van der Waals surface area contributed by atoms with E-state index in [1.54, 1.807) is 25.1 Å². The van der Waals surface area contributed by atoms with Crippen molar-refractivity contribution in [3.63, 3.8) is 0 Å². The lowest BCUT2D eigenvalue weighted by atomic mass is 10.1. The van der Waals surface area contributed by atoms with E-state index in [2.05, 4.69) is 5.32 Å². The van der Waals surface area contributed by atoms with Crippen molar-refractivity contribution < 1.29 is 19.0 Å². The van der Waals surface area contributed by atoms with Gasteiger partial charge in [-0.2, -0.15) is 5.10 Å². The first-order chi connectivity index (χ1) is 15.2. The molecule has 7 heteroatoms. The number of amides is 1. The van der Waals surface area contributed by atoms with Gasteiger partial charge in [-0.05, 0) is 36.6 Å². The predicted molar refractivity (Wildman–Crippen MR) is 118 cm³/mol. The Morgan fingerprint density at radius 1 is 1.16 bits per heavy atom. The third kappa shape index (κ3) is 4.88. The van der Waals surface area contributed by atoms with Gasteiger partial charge in [-0.15, -0.1) is 0 Å². The molecule has 0 spiro atoms. The summed E-state index contributed by atoms with van der Waals surface area (Å²) in [6, 6.07) is 15.6. The molecule has 0 saturated carbocycles. The van der Waals surface area contributed by atoms with Crippen molar-refractivity contribution >= 4 is 5.91 Å². The van der Waals surface area contributed by atoms with Gasteiger partial charge < -0.3 is 19.5 Å².